The van der Waals surface area contributed by atoms with Gasteiger partial charge >= 0.3 is 0 Å². The third-order valence-electron chi connectivity index (χ3n) is 4.57. The zero-order valence-electron chi connectivity index (χ0n) is 15.7. The number of para-hydroxylation sites is 1. The highest BCUT2D eigenvalue weighted by atomic mass is 35.5. The topological polar surface area (TPSA) is 72.8 Å². The van der Waals surface area contributed by atoms with Crippen molar-refractivity contribution in [1.29, 1.82) is 0 Å². The van der Waals surface area contributed by atoms with E-state index < -0.39 is 6.23 Å². The van der Waals surface area contributed by atoms with Gasteiger partial charge in [0.25, 0.3) is 0 Å². The van der Waals surface area contributed by atoms with Crippen LogP contribution < -0.4 is 10.1 Å². The zero-order chi connectivity index (χ0) is 20.3. The lowest BCUT2D eigenvalue weighted by molar-refractivity contribution is 0.220. The Balaban J connectivity index is 1.48. The lowest BCUT2D eigenvalue weighted by Crippen LogP contribution is -2.18. The summed E-state index contributed by atoms with van der Waals surface area (Å²) in [5, 5.41) is 13.4. The van der Waals surface area contributed by atoms with Crippen molar-refractivity contribution < 1.29 is 4.74 Å². The minimum absolute atomic E-state index is 0.428. The maximum atomic E-state index is 6.22. The number of rotatable bonds is 4. The first-order valence-electron chi connectivity index (χ1n) is 9.32. The Bertz CT molecular complexity index is 1170. The molecule has 3 heterocycles. The van der Waals surface area contributed by atoms with E-state index in [1.54, 1.807) is 6.20 Å². The summed E-state index contributed by atoms with van der Waals surface area (Å²) in [7, 11) is 0. The van der Waals surface area contributed by atoms with Crippen LogP contribution in [0.4, 0.5) is 5.69 Å². The molecule has 0 aliphatic carbocycles. The highest BCUT2D eigenvalue weighted by Crippen LogP contribution is 2.39. The summed E-state index contributed by atoms with van der Waals surface area (Å²) < 4.78 is 6.22. The Morgan fingerprint density at radius 2 is 1.80 bits per heavy atom. The van der Waals surface area contributed by atoms with Gasteiger partial charge in [0.05, 0.1) is 0 Å². The van der Waals surface area contributed by atoms with E-state index in [1.807, 2.05) is 66.7 Å². The number of pyridine rings is 1. The molecule has 148 valence electrons. The smallest absolute Gasteiger partial charge is 0.247 e. The van der Waals surface area contributed by atoms with Gasteiger partial charge in [0.1, 0.15) is 5.69 Å². The van der Waals surface area contributed by atoms with E-state index in [0.717, 1.165) is 22.5 Å². The van der Waals surface area contributed by atoms with Crippen LogP contribution >= 0.6 is 23.4 Å². The summed E-state index contributed by atoms with van der Waals surface area (Å²) in [6.45, 7) is 0. The molecule has 2 aromatic heterocycles. The van der Waals surface area contributed by atoms with E-state index in [2.05, 4.69) is 25.5 Å². The fraction of sp³-hybridized carbons (Fsp3) is 0.0909. The van der Waals surface area contributed by atoms with Crippen LogP contribution in [-0.2, 0) is 5.75 Å². The molecule has 1 aliphatic heterocycles. The van der Waals surface area contributed by atoms with Crippen molar-refractivity contribution in [3.05, 3.63) is 89.2 Å². The summed E-state index contributed by atoms with van der Waals surface area (Å²) in [5.41, 5.74) is 4.27. The molecular formula is C22H16ClN5OS. The van der Waals surface area contributed by atoms with Crippen molar-refractivity contribution in [3.8, 4) is 17.1 Å². The van der Waals surface area contributed by atoms with E-state index in [-0.39, 0.29) is 0 Å². The molecule has 6 nitrogen and oxygen atoms in total. The summed E-state index contributed by atoms with van der Waals surface area (Å²) in [5.74, 6) is 1.13. The van der Waals surface area contributed by atoms with Gasteiger partial charge in [-0.2, -0.15) is 4.98 Å². The largest absolute Gasteiger partial charge is 0.446 e. The van der Waals surface area contributed by atoms with E-state index in [0.29, 0.717) is 27.5 Å². The fourth-order valence-electron chi connectivity index (χ4n) is 3.10. The van der Waals surface area contributed by atoms with Crippen molar-refractivity contribution in [2.24, 2.45) is 0 Å². The predicted octanol–water partition coefficient (Wildman–Crippen LogP) is 5.38. The van der Waals surface area contributed by atoms with Crippen LogP contribution in [0.5, 0.6) is 5.88 Å². The van der Waals surface area contributed by atoms with Crippen LogP contribution in [0.15, 0.2) is 78.1 Å². The number of benzene rings is 2. The lowest BCUT2D eigenvalue weighted by atomic mass is 10.1. The van der Waals surface area contributed by atoms with Crippen molar-refractivity contribution in [2.45, 2.75) is 17.1 Å². The summed E-state index contributed by atoms with van der Waals surface area (Å²) >= 11 is 7.45. The summed E-state index contributed by atoms with van der Waals surface area (Å²) in [4.78, 5) is 9.08. The number of nitrogens with one attached hydrogen (secondary N) is 1. The van der Waals surface area contributed by atoms with Crippen LogP contribution in [0.2, 0.25) is 5.02 Å². The second-order valence-electron chi connectivity index (χ2n) is 6.61. The SMILES string of the molecule is Clc1ccc(CSc2nnc3c(n2)O[C@@H](c2ccccn2)Nc2ccccc2-3)cc1. The van der Waals surface area contributed by atoms with Gasteiger partial charge in [-0.15, -0.1) is 10.2 Å². The number of anilines is 1. The van der Waals surface area contributed by atoms with Crippen LogP contribution in [0.25, 0.3) is 11.3 Å². The molecule has 1 atom stereocenters. The van der Waals surface area contributed by atoms with Crippen molar-refractivity contribution >= 4 is 29.1 Å². The minimum Gasteiger partial charge on any atom is -0.446 e. The fourth-order valence-corrected chi connectivity index (χ4v) is 3.96. The van der Waals surface area contributed by atoms with Gasteiger partial charge in [-0.3, -0.25) is 4.98 Å². The maximum absolute atomic E-state index is 6.22. The summed E-state index contributed by atoms with van der Waals surface area (Å²) in [6, 6.07) is 21.3. The highest BCUT2D eigenvalue weighted by molar-refractivity contribution is 7.98. The molecule has 0 fully saturated rings. The number of thioether (sulfide) groups is 1. The Morgan fingerprint density at radius 1 is 0.967 bits per heavy atom. The van der Waals surface area contributed by atoms with E-state index in [9.17, 15) is 0 Å². The van der Waals surface area contributed by atoms with Gasteiger partial charge in [-0.25, -0.2) is 0 Å². The third kappa shape index (κ3) is 3.94. The molecule has 0 bridgehead atoms. The number of hydrogen-bond acceptors (Lipinski definition) is 7. The number of ether oxygens (including phenoxy) is 1. The Labute approximate surface area is 182 Å². The second-order valence-corrected chi connectivity index (χ2v) is 7.98. The molecule has 1 N–H and O–H groups in total. The van der Waals surface area contributed by atoms with E-state index >= 15 is 0 Å². The molecule has 1 aliphatic rings. The van der Waals surface area contributed by atoms with Crippen molar-refractivity contribution in [3.63, 3.8) is 0 Å². The number of aromatic nitrogens is 4. The molecule has 0 spiro atoms. The average molecular weight is 434 g/mol. The predicted molar refractivity (Wildman–Crippen MR) is 118 cm³/mol. The van der Waals surface area contributed by atoms with Crippen LogP contribution in [-0.4, -0.2) is 20.2 Å². The van der Waals surface area contributed by atoms with Crippen LogP contribution in [0.1, 0.15) is 17.5 Å². The maximum Gasteiger partial charge on any atom is 0.247 e. The molecule has 0 unspecified atom stereocenters. The van der Waals surface area contributed by atoms with E-state index in [1.165, 1.54) is 11.8 Å². The number of fused-ring (bicyclic) bond motifs is 3. The summed E-state index contributed by atoms with van der Waals surface area (Å²) in [6.07, 6.45) is 1.25. The standard InChI is InChI=1S/C22H16ClN5OS/c23-15-10-8-14(9-11-15)13-30-22-26-21-19(27-28-22)16-5-1-2-6-17(16)25-20(29-21)18-7-3-4-12-24-18/h1-12,20,25H,13H2/t20-/m0/s1. The normalized spacial score (nSPS) is 14.6. The van der Waals surface area contributed by atoms with Gasteiger partial charge in [0.15, 0.2) is 5.69 Å². The van der Waals surface area contributed by atoms with Crippen LogP contribution in [0, 0.1) is 0 Å². The van der Waals surface area contributed by atoms with Gasteiger partial charge in [-0.1, -0.05) is 59.8 Å². The van der Waals surface area contributed by atoms with E-state index in [4.69, 9.17) is 16.3 Å². The number of halogens is 1. The molecule has 0 radical (unpaired) electrons. The molecule has 4 aromatic rings. The quantitative estimate of drug-likeness (QED) is 0.433. The third-order valence-corrected chi connectivity index (χ3v) is 5.73. The molecule has 8 heteroatoms. The minimum atomic E-state index is -0.487. The van der Waals surface area contributed by atoms with Gasteiger partial charge in [0, 0.05) is 28.2 Å². The number of hydrogen-bond donors (Lipinski definition) is 1. The molecule has 30 heavy (non-hydrogen) atoms. The average Bonchev–Trinajstić information content (AvgIpc) is 2.96. The Hall–Kier alpha value is -3.16. The Kier molecular flexibility index (Phi) is 5.21. The zero-order valence-corrected chi connectivity index (χ0v) is 17.3. The molecule has 5 rings (SSSR count). The number of nitrogens with zero attached hydrogens (tertiary/aromatic N) is 4. The van der Waals surface area contributed by atoms with Gasteiger partial charge in [-0.05, 0) is 35.9 Å². The van der Waals surface area contributed by atoms with Crippen LogP contribution in [0.3, 0.4) is 0 Å². The molecule has 0 amide bonds. The Morgan fingerprint density at radius 3 is 2.63 bits per heavy atom. The van der Waals surface area contributed by atoms with Gasteiger partial charge < -0.3 is 10.1 Å². The van der Waals surface area contributed by atoms with Gasteiger partial charge in [0.2, 0.25) is 17.3 Å². The van der Waals surface area contributed by atoms with Crippen molar-refractivity contribution in [2.75, 3.05) is 5.32 Å². The lowest BCUT2D eigenvalue weighted by Gasteiger charge is -2.18. The molecule has 2 aromatic carbocycles. The monoisotopic (exact) mass is 433 g/mol. The first-order valence-corrected chi connectivity index (χ1v) is 10.7. The first-order chi connectivity index (χ1) is 14.8. The molecule has 0 saturated carbocycles. The molecule has 0 saturated heterocycles. The molecular weight excluding hydrogens is 418 g/mol. The highest BCUT2D eigenvalue weighted by Gasteiger charge is 2.26. The second kappa shape index (κ2) is 8.30. The van der Waals surface area contributed by atoms with Crippen molar-refractivity contribution in [1.82, 2.24) is 20.2 Å². The first kappa shape index (κ1) is 18.8.